The smallest absolute Gasteiger partial charge is 0.240 e. The number of nitrogens with one attached hydrogen (secondary N) is 1. The third-order valence-corrected chi connectivity index (χ3v) is 3.69. The molecule has 15 heavy (non-hydrogen) atoms. The quantitative estimate of drug-likeness (QED) is 0.829. The Kier molecular flexibility index (Phi) is 3.70. The van der Waals surface area contributed by atoms with E-state index >= 15 is 0 Å². The van der Waals surface area contributed by atoms with Gasteiger partial charge >= 0.3 is 0 Å². The van der Waals surface area contributed by atoms with E-state index in [1.54, 1.807) is 20.8 Å². The molecule has 1 aromatic heterocycles. The number of rotatable bonds is 3. The van der Waals surface area contributed by atoms with E-state index in [0.29, 0.717) is 5.69 Å². The fourth-order valence-corrected chi connectivity index (χ4v) is 2.79. The van der Waals surface area contributed by atoms with Crippen LogP contribution < -0.4 is 4.72 Å². The van der Waals surface area contributed by atoms with Crippen molar-refractivity contribution in [1.82, 2.24) is 9.71 Å². The van der Waals surface area contributed by atoms with Crippen molar-refractivity contribution in [1.29, 1.82) is 0 Å². The summed E-state index contributed by atoms with van der Waals surface area (Å²) in [5, 5.41) is 0.288. The zero-order chi connectivity index (χ0) is 11.6. The molecule has 0 radical (unpaired) electrons. The van der Waals surface area contributed by atoms with Crippen molar-refractivity contribution < 1.29 is 8.42 Å². The molecule has 0 spiro atoms. The first-order chi connectivity index (χ1) is 6.83. The van der Waals surface area contributed by atoms with Gasteiger partial charge in [0.25, 0.3) is 0 Å². The molecule has 1 rings (SSSR count). The monoisotopic (exact) mass is 248 g/mol. The lowest BCUT2D eigenvalue weighted by molar-refractivity contribution is 0.568. The van der Waals surface area contributed by atoms with Gasteiger partial charge in [-0.1, -0.05) is 11.6 Å². The average Bonchev–Trinajstić information content (AvgIpc) is 1.99. The number of hydrogen-bond acceptors (Lipinski definition) is 3. The van der Waals surface area contributed by atoms with Gasteiger partial charge in [-0.25, -0.2) is 18.1 Å². The molecule has 0 saturated carbocycles. The van der Waals surface area contributed by atoms with Crippen molar-refractivity contribution in [3.63, 3.8) is 0 Å². The van der Waals surface area contributed by atoms with Crippen molar-refractivity contribution >= 4 is 21.6 Å². The van der Waals surface area contributed by atoms with Crippen LogP contribution in [0.2, 0.25) is 5.15 Å². The Hall–Kier alpha value is -0.650. The van der Waals surface area contributed by atoms with E-state index in [9.17, 15) is 8.42 Å². The number of pyridine rings is 1. The Morgan fingerprint density at radius 1 is 1.40 bits per heavy atom. The normalized spacial score (nSPS) is 12.1. The minimum atomic E-state index is -3.48. The first kappa shape index (κ1) is 12.4. The molecule has 0 aliphatic heterocycles. The van der Waals surface area contributed by atoms with Gasteiger partial charge in [0.2, 0.25) is 10.0 Å². The second-order valence-corrected chi connectivity index (χ2v) is 5.56. The van der Waals surface area contributed by atoms with Gasteiger partial charge < -0.3 is 0 Å². The maximum absolute atomic E-state index is 11.8. The lowest BCUT2D eigenvalue weighted by atomic mass is 10.4. The van der Waals surface area contributed by atoms with Crippen LogP contribution in [0.5, 0.6) is 0 Å². The maximum Gasteiger partial charge on any atom is 0.242 e. The van der Waals surface area contributed by atoms with Crippen LogP contribution in [0, 0.1) is 6.92 Å². The third kappa shape index (κ3) is 3.15. The van der Waals surface area contributed by atoms with Crippen LogP contribution in [0.1, 0.15) is 19.5 Å². The summed E-state index contributed by atoms with van der Waals surface area (Å²) in [5.74, 6) is 0. The van der Waals surface area contributed by atoms with Gasteiger partial charge in [0.1, 0.15) is 10.0 Å². The molecule has 0 fully saturated rings. The standard InChI is InChI=1S/C9H13ClN2O2S/c1-6(2)12-15(13,14)8-4-5-9(10)11-7(8)3/h4-6,12H,1-3H3. The fraction of sp³-hybridized carbons (Fsp3) is 0.444. The second-order valence-electron chi connectivity index (χ2n) is 3.49. The predicted octanol–water partition coefficient (Wildman–Crippen LogP) is 1.73. The summed E-state index contributed by atoms with van der Waals surface area (Å²) in [6, 6.07) is 2.77. The molecule has 84 valence electrons. The molecule has 1 heterocycles. The van der Waals surface area contributed by atoms with Crippen LogP contribution in [0.3, 0.4) is 0 Å². The Morgan fingerprint density at radius 2 is 2.00 bits per heavy atom. The van der Waals surface area contributed by atoms with Gasteiger partial charge in [-0.05, 0) is 32.9 Å². The lowest BCUT2D eigenvalue weighted by Crippen LogP contribution is -2.30. The maximum atomic E-state index is 11.8. The molecule has 0 aliphatic carbocycles. The molecule has 4 nitrogen and oxygen atoms in total. The van der Waals surface area contributed by atoms with Gasteiger partial charge in [0.05, 0.1) is 5.69 Å². The first-order valence-electron chi connectivity index (χ1n) is 4.48. The highest BCUT2D eigenvalue weighted by Gasteiger charge is 2.18. The zero-order valence-electron chi connectivity index (χ0n) is 8.78. The minimum Gasteiger partial charge on any atom is -0.240 e. The molecule has 0 saturated heterocycles. The van der Waals surface area contributed by atoms with Crippen LogP contribution in [-0.4, -0.2) is 19.4 Å². The summed E-state index contributed by atoms with van der Waals surface area (Å²) in [6.45, 7) is 5.13. The van der Waals surface area contributed by atoms with Crippen LogP contribution >= 0.6 is 11.6 Å². The minimum absolute atomic E-state index is 0.148. The van der Waals surface area contributed by atoms with E-state index in [1.165, 1.54) is 12.1 Å². The molecule has 0 aliphatic rings. The summed E-state index contributed by atoms with van der Waals surface area (Å²) in [4.78, 5) is 4.06. The van der Waals surface area contributed by atoms with Gasteiger partial charge in [0.15, 0.2) is 0 Å². The largest absolute Gasteiger partial charge is 0.242 e. The van der Waals surface area contributed by atoms with Gasteiger partial charge in [-0.2, -0.15) is 0 Å². The van der Waals surface area contributed by atoms with Gasteiger partial charge in [-0.15, -0.1) is 0 Å². The molecule has 0 amide bonds. The average molecular weight is 249 g/mol. The number of sulfonamides is 1. The Bertz CT molecular complexity index is 457. The number of aromatic nitrogens is 1. The molecular formula is C9H13ClN2O2S. The van der Waals surface area contributed by atoms with Crippen LogP contribution in [0.4, 0.5) is 0 Å². The summed E-state index contributed by atoms with van der Waals surface area (Å²) in [6.07, 6.45) is 0. The first-order valence-corrected chi connectivity index (χ1v) is 6.34. The Morgan fingerprint density at radius 3 is 2.47 bits per heavy atom. The van der Waals surface area contributed by atoms with E-state index in [-0.39, 0.29) is 16.1 Å². The molecular weight excluding hydrogens is 236 g/mol. The highest BCUT2D eigenvalue weighted by Crippen LogP contribution is 2.16. The number of hydrogen-bond donors (Lipinski definition) is 1. The molecule has 6 heteroatoms. The molecule has 1 N–H and O–H groups in total. The molecule has 0 aromatic carbocycles. The summed E-state index contributed by atoms with van der Waals surface area (Å²) in [5.41, 5.74) is 0.399. The molecule has 0 atom stereocenters. The topological polar surface area (TPSA) is 59.1 Å². The number of halogens is 1. The van der Waals surface area contributed by atoms with Gasteiger partial charge in [-0.3, -0.25) is 0 Å². The lowest BCUT2D eigenvalue weighted by Gasteiger charge is -2.10. The molecule has 1 aromatic rings. The third-order valence-electron chi connectivity index (χ3n) is 1.68. The van der Waals surface area contributed by atoms with Crippen molar-refractivity contribution in [2.45, 2.75) is 31.7 Å². The van der Waals surface area contributed by atoms with E-state index in [1.807, 2.05) is 0 Å². The van der Waals surface area contributed by atoms with Crippen molar-refractivity contribution in [2.75, 3.05) is 0 Å². The Labute approximate surface area is 94.7 Å². The zero-order valence-corrected chi connectivity index (χ0v) is 10.4. The highest BCUT2D eigenvalue weighted by molar-refractivity contribution is 7.89. The number of nitrogens with zero attached hydrogens (tertiary/aromatic N) is 1. The van der Waals surface area contributed by atoms with Gasteiger partial charge in [0, 0.05) is 6.04 Å². The van der Waals surface area contributed by atoms with Crippen LogP contribution in [0.15, 0.2) is 17.0 Å². The summed E-state index contributed by atoms with van der Waals surface area (Å²) >= 11 is 5.65. The van der Waals surface area contributed by atoms with Crippen LogP contribution in [-0.2, 0) is 10.0 Å². The molecule has 0 unspecified atom stereocenters. The SMILES string of the molecule is Cc1nc(Cl)ccc1S(=O)(=O)NC(C)C. The molecule has 0 bridgehead atoms. The predicted molar refractivity (Wildman–Crippen MR) is 59.4 cm³/mol. The summed E-state index contributed by atoms with van der Waals surface area (Å²) in [7, 11) is -3.48. The summed E-state index contributed by atoms with van der Waals surface area (Å²) < 4.78 is 26.0. The number of aryl methyl sites for hydroxylation is 1. The fourth-order valence-electron chi connectivity index (χ4n) is 1.18. The highest BCUT2D eigenvalue weighted by atomic mass is 35.5. The van der Waals surface area contributed by atoms with E-state index in [2.05, 4.69) is 9.71 Å². The van der Waals surface area contributed by atoms with E-state index in [4.69, 9.17) is 11.6 Å². The van der Waals surface area contributed by atoms with Crippen molar-refractivity contribution in [3.8, 4) is 0 Å². The Balaban J connectivity index is 3.16. The van der Waals surface area contributed by atoms with E-state index < -0.39 is 10.0 Å². The van der Waals surface area contributed by atoms with E-state index in [0.717, 1.165) is 0 Å². The second kappa shape index (κ2) is 4.47. The van der Waals surface area contributed by atoms with Crippen molar-refractivity contribution in [3.05, 3.63) is 23.0 Å². The van der Waals surface area contributed by atoms with Crippen molar-refractivity contribution in [2.24, 2.45) is 0 Å². The van der Waals surface area contributed by atoms with Crippen LogP contribution in [0.25, 0.3) is 0 Å².